The highest BCUT2D eigenvalue weighted by Gasteiger charge is 2.37. The molecular formula is C35H51N3O6. The molecule has 0 bridgehead atoms. The summed E-state index contributed by atoms with van der Waals surface area (Å²) in [5, 5.41) is 5.55. The molecule has 2 aromatic carbocycles. The number of rotatable bonds is 12. The lowest BCUT2D eigenvalue weighted by molar-refractivity contribution is -0.159. The number of carbonyl (C=O) groups is 4. The Hall–Kier alpha value is -3.88. The van der Waals surface area contributed by atoms with E-state index in [4.69, 9.17) is 9.47 Å². The number of benzene rings is 2. The quantitative estimate of drug-likeness (QED) is 0.287. The van der Waals surface area contributed by atoms with Gasteiger partial charge in [0.2, 0.25) is 11.8 Å². The van der Waals surface area contributed by atoms with Gasteiger partial charge in [-0.3, -0.25) is 9.59 Å². The molecule has 3 atom stereocenters. The van der Waals surface area contributed by atoms with Crippen LogP contribution in [0.25, 0.3) is 0 Å². The van der Waals surface area contributed by atoms with Gasteiger partial charge in [0.25, 0.3) is 0 Å². The van der Waals surface area contributed by atoms with Crippen LogP contribution in [-0.2, 0) is 30.3 Å². The van der Waals surface area contributed by atoms with Gasteiger partial charge in [-0.05, 0) is 79.9 Å². The molecule has 9 heteroatoms. The average Bonchev–Trinajstić information content (AvgIpc) is 2.88. The normalized spacial score (nSPS) is 13.7. The van der Waals surface area contributed by atoms with E-state index in [-0.39, 0.29) is 13.0 Å². The summed E-state index contributed by atoms with van der Waals surface area (Å²) in [6.45, 7) is 18.2. The lowest BCUT2D eigenvalue weighted by Gasteiger charge is -2.35. The number of ether oxygens (including phenoxy) is 2. The minimum atomic E-state index is -1.07. The van der Waals surface area contributed by atoms with Crippen LogP contribution < -0.4 is 10.6 Å². The molecule has 0 saturated carbocycles. The van der Waals surface area contributed by atoms with E-state index in [9.17, 15) is 19.2 Å². The summed E-state index contributed by atoms with van der Waals surface area (Å²) in [6.07, 6.45) is 0.876. The number of esters is 1. The van der Waals surface area contributed by atoms with Crippen molar-refractivity contribution in [2.24, 2.45) is 0 Å². The lowest BCUT2D eigenvalue weighted by Crippen LogP contribution is -2.54. The highest BCUT2D eigenvalue weighted by molar-refractivity contribution is 5.94. The van der Waals surface area contributed by atoms with E-state index in [2.05, 4.69) is 10.6 Å². The molecule has 44 heavy (non-hydrogen) atoms. The number of alkyl carbamates (subject to hydrolysis) is 1. The molecule has 0 fully saturated rings. The Morgan fingerprint density at radius 1 is 0.841 bits per heavy atom. The molecule has 0 aliphatic heterocycles. The highest BCUT2D eigenvalue weighted by atomic mass is 16.6. The zero-order valence-electron chi connectivity index (χ0n) is 28.1. The Morgan fingerprint density at radius 3 is 1.93 bits per heavy atom. The molecule has 2 rings (SSSR count). The predicted octanol–water partition coefficient (Wildman–Crippen LogP) is 5.96. The van der Waals surface area contributed by atoms with Crippen LogP contribution in [0.15, 0.2) is 48.5 Å². The third-order valence-electron chi connectivity index (χ3n) is 6.55. The van der Waals surface area contributed by atoms with Gasteiger partial charge in [-0.2, -0.15) is 0 Å². The molecule has 0 heterocycles. The van der Waals surface area contributed by atoms with Crippen molar-refractivity contribution >= 4 is 23.9 Å². The van der Waals surface area contributed by atoms with Crippen LogP contribution in [0.5, 0.6) is 0 Å². The fourth-order valence-electron chi connectivity index (χ4n) is 4.80. The van der Waals surface area contributed by atoms with Gasteiger partial charge in [0.1, 0.15) is 29.3 Å². The summed E-state index contributed by atoms with van der Waals surface area (Å²) in [5.41, 5.74) is 1.79. The molecule has 0 aliphatic rings. The molecule has 0 aromatic heterocycles. The first kappa shape index (κ1) is 36.3. The van der Waals surface area contributed by atoms with E-state index in [1.807, 2.05) is 69.3 Å². The Kier molecular flexibility index (Phi) is 13.0. The maximum absolute atomic E-state index is 14.4. The fourth-order valence-corrected chi connectivity index (χ4v) is 4.80. The van der Waals surface area contributed by atoms with Crippen molar-refractivity contribution in [3.05, 3.63) is 70.8 Å². The largest absolute Gasteiger partial charge is 0.458 e. The number of nitrogens with zero attached hydrogens (tertiary/aromatic N) is 1. The fraction of sp³-hybridized carbons (Fsp3) is 0.543. The van der Waals surface area contributed by atoms with E-state index in [1.165, 1.54) is 4.90 Å². The van der Waals surface area contributed by atoms with E-state index in [0.29, 0.717) is 12.0 Å². The zero-order valence-corrected chi connectivity index (χ0v) is 28.1. The Balaban J connectivity index is 2.56. The second-order valence-electron chi connectivity index (χ2n) is 13.4. The SMILES string of the molecule is CCCCN(C(=O)C(C)NC(=O)OC(C)(C)C)C(C(=O)NC(Cc1ccccc1)C(=O)OC(C)(C)C)c1cc(C)cc(C)c1. The lowest BCUT2D eigenvalue weighted by atomic mass is 9.97. The van der Waals surface area contributed by atoms with Gasteiger partial charge >= 0.3 is 12.1 Å². The van der Waals surface area contributed by atoms with Crippen molar-refractivity contribution < 1.29 is 28.7 Å². The van der Waals surface area contributed by atoms with Crippen molar-refractivity contribution in [1.29, 1.82) is 0 Å². The Labute approximate surface area is 263 Å². The molecule has 9 nitrogen and oxygen atoms in total. The number of amides is 3. The Morgan fingerprint density at radius 2 is 1.41 bits per heavy atom. The van der Waals surface area contributed by atoms with Crippen LogP contribution in [0.2, 0.25) is 0 Å². The highest BCUT2D eigenvalue weighted by Crippen LogP contribution is 2.26. The van der Waals surface area contributed by atoms with Gasteiger partial charge in [-0.25, -0.2) is 9.59 Å². The van der Waals surface area contributed by atoms with E-state index < -0.39 is 53.2 Å². The molecule has 3 unspecified atom stereocenters. The predicted molar refractivity (Wildman–Crippen MR) is 172 cm³/mol. The molecule has 0 radical (unpaired) electrons. The first-order valence-corrected chi connectivity index (χ1v) is 15.4. The van der Waals surface area contributed by atoms with Crippen LogP contribution in [0.1, 0.15) is 96.5 Å². The maximum Gasteiger partial charge on any atom is 0.408 e. The van der Waals surface area contributed by atoms with Gasteiger partial charge in [-0.15, -0.1) is 0 Å². The Bertz CT molecular complexity index is 1260. The van der Waals surface area contributed by atoms with E-state index in [1.54, 1.807) is 48.5 Å². The number of hydrogen-bond donors (Lipinski definition) is 2. The van der Waals surface area contributed by atoms with Crippen LogP contribution in [-0.4, -0.2) is 58.6 Å². The first-order chi connectivity index (χ1) is 20.4. The van der Waals surface area contributed by atoms with Crippen LogP contribution in [0.4, 0.5) is 4.79 Å². The summed E-state index contributed by atoms with van der Waals surface area (Å²) < 4.78 is 11.1. The maximum atomic E-state index is 14.4. The van der Waals surface area contributed by atoms with Crippen molar-refractivity contribution in [2.75, 3.05) is 6.54 Å². The summed E-state index contributed by atoms with van der Waals surface area (Å²) in [4.78, 5) is 55.8. The van der Waals surface area contributed by atoms with E-state index >= 15 is 0 Å². The minimum Gasteiger partial charge on any atom is -0.458 e. The number of aryl methyl sites for hydroxylation is 2. The molecule has 3 amide bonds. The second kappa shape index (κ2) is 15.7. The molecule has 0 saturated heterocycles. The topological polar surface area (TPSA) is 114 Å². The van der Waals surface area contributed by atoms with Crippen molar-refractivity contribution in [1.82, 2.24) is 15.5 Å². The summed E-state index contributed by atoms with van der Waals surface area (Å²) in [6, 6.07) is 12.1. The van der Waals surface area contributed by atoms with Crippen molar-refractivity contribution in [3.8, 4) is 0 Å². The third kappa shape index (κ3) is 12.0. The minimum absolute atomic E-state index is 0.209. The molecular weight excluding hydrogens is 558 g/mol. The van der Waals surface area contributed by atoms with Crippen LogP contribution in [0, 0.1) is 13.8 Å². The number of carbonyl (C=O) groups excluding carboxylic acids is 4. The standard InChI is InChI=1S/C35H51N3O6/c1-11-12-18-38(31(40)25(4)36-33(42)44-35(8,9)10)29(27-20-23(2)19-24(3)21-27)30(39)37-28(32(41)43-34(5,6)7)22-26-16-14-13-15-17-26/h13-17,19-21,25,28-29H,11-12,18,22H2,1-10H3,(H,36,42)(H,37,39). The van der Waals surface area contributed by atoms with Gasteiger partial charge in [0.05, 0.1) is 0 Å². The van der Waals surface area contributed by atoms with Gasteiger partial charge in [0, 0.05) is 13.0 Å². The molecule has 242 valence electrons. The van der Waals surface area contributed by atoms with Crippen molar-refractivity contribution in [2.45, 2.75) is 118 Å². The van der Waals surface area contributed by atoms with Crippen LogP contribution >= 0.6 is 0 Å². The monoisotopic (exact) mass is 609 g/mol. The average molecular weight is 610 g/mol. The summed E-state index contributed by atoms with van der Waals surface area (Å²) in [5.74, 6) is -1.53. The summed E-state index contributed by atoms with van der Waals surface area (Å²) >= 11 is 0. The van der Waals surface area contributed by atoms with Crippen LogP contribution in [0.3, 0.4) is 0 Å². The van der Waals surface area contributed by atoms with Gasteiger partial charge in [-0.1, -0.05) is 73.0 Å². The summed E-state index contributed by atoms with van der Waals surface area (Å²) in [7, 11) is 0. The van der Waals surface area contributed by atoms with Gasteiger partial charge in [0.15, 0.2) is 0 Å². The molecule has 0 aliphatic carbocycles. The number of unbranched alkanes of at least 4 members (excludes halogenated alkanes) is 1. The first-order valence-electron chi connectivity index (χ1n) is 15.4. The van der Waals surface area contributed by atoms with Gasteiger partial charge < -0.3 is 25.0 Å². The van der Waals surface area contributed by atoms with Crippen molar-refractivity contribution in [3.63, 3.8) is 0 Å². The van der Waals surface area contributed by atoms with E-state index in [0.717, 1.165) is 23.1 Å². The zero-order chi connectivity index (χ0) is 33.2. The molecule has 0 spiro atoms. The second-order valence-corrected chi connectivity index (χ2v) is 13.4. The number of nitrogens with one attached hydrogen (secondary N) is 2. The molecule has 2 aromatic rings. The smallest absolute Gasteiger partial charge is 0.408 e. The number of hydrogen-bond acceptors (Lipinski definition) is 6. The third-order valence-corrected chi connectivity index (χ3v) is 6.55. The molecule has 2 N–H and O–H groups in total.